The minimum absolute atomic E-state index is 0.717. The van der Waals surface area contributed by atoms with Crippen molar-refractivity contribution in [1.82, 2.24) is 4.57 Å². The van der Waals surface area contributed by atoms with Gasteiger partial charge in [0.15, 0.2) is 6.29 Å². The lowest BCUT2D eigenvalue weighted by Crippen LogP contribution is -2.00. The van der Waals surface area contributed by atoms with Gasteiger partial charge < -0.3 is 4.57 Å². The average Bonchev–Trinajstić information content (AvgIpc) is 2.76. The molecule has 0 radical (unpaired) electrons. The van der Waals surface area contributed by atoms with Crippen LogP contribution in [0.2, 0.25) is 0 Å². The lowest BCUT2D eigenvalue weighted by atomic mass is 10.4. The van der Waals surface area contributed by atoms with Crippen LogP contribution >= 0.6 is 27.3 Å². The Morgan fingerprint density at radius 2 is 2.29 bits per heavy atom. The number of aromatic nitrogens is 1. The van der Waals surface area contributed by atoms with Gasteiger partial charge in [0, 0.05) is 11.1 Å². The molecule has 0 aliphatic heterocycles. The van der Waals surface area contributed by atoms with Gasteiger partial charge in [0.05, 0.1) is 16.0 Å². The van der Waals surface area contributed by atoms with E-state index in [1.54, 1.807) is 11.3 Å². The Morgan fingerprint density at radius 1 is 1.43 bits per heavy atom. The van der Waals surface area contributed by atoms with Gasteiger partial charge in [-0.2, -0.15) is 0 Å². The lowest BCUT2D eigenvalue weighted by molar-refractivity contribution is 0.111. The van der Waals surface area contributed by atoms with E-state index in [1.165, 1.54) is 4.88 Å². The highest BCUT2D eigenvalue weighted by molar-refractivity contribution is 9.11. The third-order valence-corrected chi connectivity index (χ3v) is 3.55. The van der Waals surface area contributed by atoms with Crippen LogP contribution in [0.5, 0.6) is 0 Å². The van der Waals surface area contributed by atoms with Crippen LogP contribution in [0, 0.1) is 0 Å². The van der Waals surface area contributed by atoms with Crippen LogP contribution < -0.4 is 0 Å². The average molecular weight is 270 g/mol. The Hall–Kier alpha value is -0.870. The Balaban J connectivity index is 2.22. The largest absolute Gasteiger partial charge is 0.340 e. The highest BCUT2D eigenvalue weighted by Crippen LogP contribution is 2.23. The molecule has 0 N–H and O–H groups in total. The molecular formula is C10H8BrNOS. The van der Waals surface area contributed by atoms with Crippen molar-refractivity contribution >= 4 is 33.6 Å². The number of hydrogen-bond donors (Lipinski definition) is 0. The summed E-state index contributed by atoms with van der Waals surface area (Å²) in [6.45, 7) is 0.761. The van der Waals surface area contributed by atoms with Crippen LogP contribution in [-0.2, 0) is 6.54 Å². The molecule has 0 aliphatic rings. The van der Waals surface area contributed by atoms with Crippen LogP contribution in [0.4, 0.5) is 0 Å². The molecule has 0 saturated carbocycles. The molecule has 0 spiro atoms. The Kier molecular flexibility index (Phi) is 2.84. The van der Waals surface area contributed by atoms with Crippen molar-refractivity contribution in [2.75, 3.05) is 0 Å². The van der Waals surface area contributed by atoms with E-state index in [0.29, 0.717) is 0 Å². The quantitative estimate of drug-likeness (QED) is 0.785. The molecule has 14 heavy (non-hydrogen) atoms. The van der Waals surface area contributed by atoms with Crippen LogP contribution in [0.25, 0.3) is 0 Å². The first-order valence-corrected chi connectivity index (χ1v) is 5.75. The molecular weight excluding hydrogens is 262 g/mol. The monoisotopic (exact) mass is 269 g/mol. The summed E-state index contributed by atoms with van der Waals surface area (Å²) in [5, 5.41) is 0. The molecule has 2 nitrogen and oxygen atoms in total. The van der Waals surface area contributed by atoms with Gasteiger partial charge in [-0.3, -0.25) is 4.79 Å². The Morgan fingerprint density at radius 3 is 2.93 bits per heavy atom. The first kappa shape index (κ1) is 9.68. The van der Waals surface area contributed by atoms with Crippen molar-refractivity contribution in [3.05, 3.63) is 44.8 Å². The standard InChI is InChI=1S/C10H8BrNOS/c11-10-4-3-9(14-10)6-12-5-1-2-8(12)7-13/h1-5,7H,6H2. The maximum absolute atomic E-state index is 10.7. The smallest absolute Gasteiger partial charge is 0.166 e. The van der Waals surface area contributed by atoms with Gasteiger partial charge in [0.1, 0.15) is 0 Å². The van der Waals surface area contributed by atoms with Gasteiger partial charge in [-0.25, -0.2) is 0 Å². The third kappa shape index (κ3) is 1.96. The summed E-state index contributed by atoms with van der Waals surface area (Å²) in [7, 11) is 0. The molecule has 2 heterocycles. The zero-order valence-corrected chi connectivity index (χ0v) is 9.72. The highest BCUT2D eigenvalue weighted by Gasteiger charge is 2.02. The fourth-order valence-electron chi connectivity index (χ4n) is 1.28. The summed E-state index contributed by atoms with van der Waals surface area (Å²) in [5.74, 6) is 0. The van der Waals surface area contributed by atoms with Gasteiger partial charge in [-0.1, -0.05) is 0 Å². The summed E-state index contributed by atoms with van der Waals surface area (Å²) in [5.41, 5.74) is 0.717. The minimum Gasteiger partial charge on any atom is -0.340 e. The second kappa shape index (κ2) is 4.11. The number of rotatable bonds is 3. The molecule has 0 atom stereocenters. The van der Waals surface area contributed by atoms with E-state index < -0.39 is 0 Å². The molecule has 0 amide bonds. The Labute approximate surface area is 94.3 Å². The molecule has 0 fully saturated rings. The van der Waals surface area contributed by atoms with E-state index in [2.05, 4.69) is 22.0 Å². The topological polar surface area (TPSA) is 22.0 Å². The number of hydrogen-bond acceptors (Lipinski definition) is 2. The van der Waals surface area contributed by atoms with Crippen LogP contribution in [-0.4, -0.2) is 10.9 Å². The first-order chi connectivity index (χ1) is 6.79. The molecule has 0 aliphatic carbocycles. The lowest BCUT2D eigenvalue weighted by Gasteiger charge is -2.01. The molecule has 0 bridgehead atoms. The van der Waals surface area contributed by atoms with Gasteiger partial charge in [-0.15, -0.1) is 11.3 Å². The second-order valence-electron chi connectivity index (χ2n) is 2.88. The molecule has 0 unspecified atom stereocenters. The predicted octanol–water partition coefficient (Wildman–Crippen LogP) is 3.17. The summed E-state index contributed by atoms with van der Waals surface area (Å²) in [6.07, 6.45) is 2.79. The highest BCUT2D eigenvalue weighted by atomic mass is 79.9. The second-order valence-corrected chi connectivity index (χ2v) is 5.43. The maximum Gasteiger partial charge on any atom is 0.166 e. The molecule has 72 valence electrons. The number of carbonyl (C=O) groups is 1. The van der Waals surface area contributed by atoms with Gasteiger partial charge in [0.2, 0.25) is 0 Å². The predicted molar refractivity (Wildman–Crippen MR) is 60.9 cm³/mol. The number of nitrogens with zero attached hydrogens (tertiary/aromatic N) is 1. The van der Waals surface area contributed by atoms with Crippen molar-refractivity contribution in [3.63, 3.8) is 0 Å². The van der Waals surface area contributed by atoms with Crippen molar-refractivity contribution < 1.29 is 4.79 Å². The zero-order chi connectivity index (χ0) is 9.97. The molecule has 2 aromatic rings. The molecule has 4 heteroatoms. The van der Waals surface area contributed by atoms with Crippen molar-refractivity contribution in [2.45, 2.75) is 6.54 Å². The van der Waals surface area contributed by atoms with Gasteiger partial charge in [-0.05, 0) is 40.2 Å². The number of thiophene rings is 1. The van der Waals surface area contributed by atoms with E-state index in [4.69, 9.17) is 0 Å². The summed E-state index contributed by atoms with van der Waals surface area (Å²) in [6, 6.07) is 7.77. The normalized spacial score (nSPS) is 10.4. The molecule has 2 rings (SSSR count). The molecule has 0 aromatic carbocycles. The number of aldehydes is 1. The van der Waals surface area contributed by atoms with Crippen molar-refractivity contribution in [2.24, 2.45) is 0 Å². The van der Waals surface area contributed by atoms with Crippen molar-refractivity contribution in [3.8, 4) is 0 Å². The maximum atomic E-state index is 10.7. The minimum atomic E-state index is 0.717. The SMILES string of the molecule is O=Cc1cccn1Cc1ccc(Br)s1. The molecule has 0 saturated heterocycles. The summed E-state index contributed by atoms with van der Waals surface area (Å²) in [4.78, 5) is 11.9. The number of carbonyl (C=O) groups excluding carboxylic acids is 1. The van der Waals surface area contributed by atoms with E-state index >= 15 is 0 Å². The van der Waals surface area contributed by atoms with Crippen LogP contribution in [0.1, 0.15) is 15.4 Å². The Bertz CT molecular complexity index is 446. The van der Waals surface area contributed by atoms with Gasteiger partial charge in [0.25, 0.3) is 0 Å². The van der Waals surface area contributed by atoms with Gasteiger partial charge >= 0.3 is 0 Å². The fourth-order valence-corrected chi connectivity index (χ4v) is 2.77. The number of halogens is 1. The summed E-state index contributed by atoms with van der Waals surface area (Å²) >= 11 is 5.10. The first-order valence-electron chi connectivity index (χ1n) is 4.14. The van der Waals surface area contributed by atoms with Crippen molar-refractivity contribution in [1.29, 1.82) is 0 Å². The summed E-state index contributed by atoms with van der Waals surface area (Å²) < 4.78 is 3.05. The zero-order valence-electron chi connectivity index (χ0n) is 7.31. The van der Waals surface area contributed by atoms with Crippen LogP contribution in [0.3, 0.4) is 0 Å². The molecule has 2 aromatic heterocycles. The third-order valence-electron chi connectivity index (χ3n) is 1.94. The van der Waals surface area contributed by atoms with E-state index in [9.17, 15) is 4.79 Å². The fraction of sp³-hybridized carbons (Fsp3) is 0.100. The van der Waals surface area contributed by atoms with E-state index in [-0.39, 0.29) is 0 Å². The van der Waals surface area contributed by atoms with Crippen LogP contribution in [0.15, 0.2) is 34.2 Å². The van der Waals surface area contributed by atoms with E-state index in [0.717, 1.165) is 22.3 Å². The van der Waals surface area contributed by atoms with E-state index in [1.807, 2.05) is 29.0 Å².